The molecule has 123 heavy (non-hydrogen) atoms. The number of aldehydes is 1. The molecule has 0 amide bonds. The van der Waals surface area contributed by atoms with Crippen LogP contribution in [0.4, 0.5) is 0 Å². The van der Waals surface area contributed by atoms with Crippen molar-refractivity contribution in [1.82, 2.24) is 34.9 Å². The molecule has 24 nitrogen and oxygen atoms in total. The number of aliphatic hydroxyl groups excluding tert-OH is 2. The second kappa shape index (κ2) is 76.4. The Labute approximate surface area is 880 Å². The number of aromatic nitrogens is 7. The van der Waals surface area contributed by atoms with Crippen molar-refractivity contribution in [3.8, 4) is 0 Å². The van der Waals surface area contributed by atoms with Crippen molar-refractivity contribution < 1.29 is 116 Å². The molecule has 0 aromatic carbocycles. The van der Waals surface area contributed by atoms with Crippen molar-refractivity contribution in [2.75, 3.05) is 68.2 Å². The number of hydrogen-bond donors (Lipinski definition) is 4. The third kappa shape index (κ3) is 73.2. The van der Waals surface area contributed by atoms with Crippen LogP contribution in [0.15, 0.2) is 166 Å². The zero-order chi connectivity index (χ0) is 111. The Hall–Kier alpha value is -1.04. The van der Waals surface area contributed by atoms with E-state index in [9.17, 15) is 48.4 Å². The molecule has 6 N–H and O–H groups in total. The van der Waals surface area contributed by atoms with Crippen LogP contribution in [0.25, 0.3) is 0 Å². The van der Waals surface area contributed by atoms with Gasteiger partial charge in [-0.05, 0) is 335 Å². The maximum atomic E-state index is 12.3. The predicted octanol–water partition coefficient (Wildman–Crippen LogP) is 17.2. The van der Waals surface area contributed by atoms with Crippen LogP contribution in [-0.4, -0.2) is 207 Å². The van der Waals surface area contributed by atoms with Gasteiger partial charge < -0.3 is 56.8 Å². The quantitative estimate of drug-likeness (QED) is 0.0115. The van der Waals surface area contributed by atoms with Gasteiger partial charge in [-0.25, -0.2) is 64.3 Å². The Bertz CT molecular complexity index is 5150. The standard InChI is InChI=1S/C13H21NO3S2.C12H18BrNOS.C11H15BrN2OS.C8H12N2O2S.C7H8BrNO.C7H6BrNO.C6H4BrNO.C4H11NOS.2C4H8O.2CH2Cl2.CH4O.CH3.2ClH.HI.Mg/c1-10(9-18(15)13(2,3)4)11-6-7-14-12(8-11)19(5,16)17;1-9(8-16(15)12(2,3)4)10-5-6-14-11(13)7-10;1-8(14-16(15)11(2,3)4)9-5-6-13-10(12)7-9;1-6(9)7-3-4-10-8(5-7)13(2,11)12;2*1-5(10)6-2-3-9-7(8)4-6;7-6-3-5(4-9)1-2-8-6;1-4(2,3)7(5)6;2*1-2-4-5-3-1;2*2-1-3;1-2;;;;;/h6-8,10H,9H2,1-5H3;5-7,9H,8H2,1-4H3;5-7H,1-4H3;3-6H,9H2,1-2H3;2-5,10H,1H3;2-4H,1H3;1-4H;5H2,1-3H3;2*1-4H2;2*1H2;2H,1H3;1H3;3*1H;/q;;;;;;;;;;;;;-1;;;;+2/p-1/t10-,18+;9-,16+;16-;6-;;;;7-;;;;;;;;;;/m1110...1........../s1/i6*1D3;;;;;;;;1D3;;;;. The van der Waals surface area contributed by atoms with E-state index in [4.69, 9.17) is 101 Å². The number of aliphatic hydroxyl groups is 2. The van der Waals surface area contributed by atoms with Crippen molar-refractivity contribution in [2.45, 2.75) is 203 Å². The summed E-state index contributed by atoms with van der Waals surface area (Å²) in [6.45, 7) is 11.3. The molecule has 700 valence electrons. The zero-order valence-corrected chi connectivity index (χ0v) is 91.3. The Morgan fingerprint density at radius 3 is 1.16 bits per heavy atom. The molecule has 0 aliphatic carbocycles. The summed E-state index contributed by atoms with van der Waals surface area (Å²) in [5.41, 5.74) is 8.02. The number of Topliss-reactive ketones (excluding diaryl/α,β-unsaturated/α-hetero) is 1. The first-order valence-corrected chi connectivity index (χ1v) is 49.3. The summed E-state index contributed by atoms with van der Waals surface area (Å²) in [6, 6.07) is 19.5. The van der Waals surface area contributed by atoms with Gasteiger partial charge >= 0.3 is 23.1 Å². The van der Waals surface area contributed by atoms with E-state index in [0.717, 1.165) is 52.3 Å². The molecule has 0 radical (unpaired) electrons. The van der Waals surface area contributed by atoms with E-state index < -0.39 is 156 Å². The number of halogens is 12. The second-order valence-electron chi connectivity index (χ2n) is 27.1. The molecule has 7 aromatic heterocycles. The topological polar surface area (TPSA) is 384 Å². The van der Waals surface area contributed by atoms with E-state index >= 15 is 0 Å². The summed E-state index contributed by atoms with van der Waals surface area (Å²) >= 11 is 34.7. The molecule has 9 rings (SSSR count). The van der Waals surface area contributed by atoms with E-state index in [2.05, 4.69) is 119 Å². The number of rotatable bonds is 14. The molecule has 43 heteroatoms. The number of sulfone groups is 2. The molecule has 2 saturated heterocycles. The Morgan fingerprint density at radius 2 is 0.870 bits per heavy atom. The molecule has 1 unspecified atom stereocenters. The Balaban J connectivity index is -0.000000202. The summed E-state index contributed by atoms with van der Waals surface area (Å²) in [5, 5.41) is 21.4. The van der Waals surface area contributed by atoms with Crippen LogP contribution in [0.2, 0.25) is 0 Å². The maximum absolute atomic E-state index is 12.3. The van der Waals surface area contributed by atoms with Gasteiger partial charge in [-0.2, -0.15) is 4.40 Å². The Morgan fingerprint density at radius 1 is 0.545 bits per heavy atom. The van der Waals surface area contributed by atoms with Gasteiger partial charge in [0.15, 0.2) is 35.5 Å². The first-order chi connectivity index (χ1) is 63.5. The average Bonchev–Trinajstić information content (AvgIpc) is 0.860. The van der Waals surface area contributed by atoms with Crippen LogP contribution < -0.4 is 34.8 Å². The summed E-state index contributed by atoms with van der Waals surface area (Å²) in [7, 11) is -12.2. The summed E-state index contributed by atoms with van der Waals surface area (Å²) < 4.78 is 256. The number of ketones is 1. The van der Waals surface area contributed by atoms with Gasteiger partial charge in [0.1, 0.15) is 40.3 Å². The largest absolute Gasteiger partial charge is 2.00 e. The molecule has 8 atom stereocenters. The zero-order valence-electron chi connectivity index (χ0n) is 91.3. The fraction of sp³-hybridized carbons (Fsp3) is 0.512. The fourth-order valence-corrected chi connectivity index (χ4v) is 12.4. The van der Waals surface area contributed by atoms with Gasteiger partial charge in [-0.3, -0.25) is 23.1 Å². The fourth-order valence-electron chi connectivity index (χ4n) is 6.76. The van der Waals surface area contributed by atoms with Crippen LogP contribution in [0.5, 0.6) is 0 Å². The van der Waals surface area contributed by atoms with Crippen LogP contribution in [0, 0.1) is 7.35 Å². The minimum absolute atomic E-state index is 0. The Kier molecular flexibility index (Phi) is 61.7. The molecule has 0 bridgehead atoms. The van der Waals surface area contributed by atoms with Crippen molar-refractivity contribution in [1.29, 1.82) is 0 Å². The molecule has 2 aliphatic rings. The van der Waals surface area contributed by atoms with Crippen LogP contribution in [0.1, 0.15) is 251 Å². The smallest absolute Gasteiger partial charge is 1.00 e. The van der Waals surface area contributed by atoms with Crippen LogP contribution in [0.3, 0.4) is 0 Å². The molecule has 2 aliphatic heterocycles. The number of alkyl halides is 4. The number of ether oxygens (including phenoxy) is 2. The number of nitrogens with zero attached hydrogens (tertiary/aromatic N) is 8. The summed E-state index contributed by atoms with van der Waals surface area (Å²) in [4.78, 5) is 48.1. The van der Waals surface area contributed by atoms with Crippen molar-refractivity contribution in [3.63, 3.8) is 0 Å². The summed E-state index contributed by atoms with van der Waals surface area (Å²) in [5.74, 6) is -2.55. The third-order valence-electron chi connectivity index (χ3n) is 13.1. The maximum Gasteiger partial charge on any atom is 2.00 e. The number of carbonyl (C=O) groups is 2. The third-order valence-corrected chi connectivity index (χ3v) is 23.8. The van der Waals surface area contributed by atoms with Crippen molar-refractivity contribution >= 4 is 255 Å². The molecule has 2 fully saturated rings. The summed E-state index contributed by atoms with van der Waals surface area (Å²) in [6.07, 6.45) is 16.4. The molecule has 7 aromatic rings. The van der Waals surface area contributed by atoms with Crippen molar-refractivity contribution in [3.05, 3.63) is 198 Å². The van der Waals surface area contributed by atoms with E-state index in [0.29, 0.717) is 50.8 Å². The molecular formula is C80H124Br5Cl6IMgN10O14S6. The van der Waals surface area contributed by atoms with Gasteiger partial charge in [0.05, 0.1) is 43.0 Å². The second-order valence-corrected chi connectivity index (χ2v) is 44.9. The first kappa shape index (κ1) is 99.4. The SMILES string of the molecule is C1CCOC1.C1CCOC1.CC(C)(C)[S@](N)=O.CO.Cl.Cl.ClCCl.ClCCl.O=Cc1ccnc(Br)c1.[2H]C([2H])([2H])C(=N[S@](=O)C(C)(C)C)c1ccnc(Br)c1.[2H]C([2H])([2H])C(=O)c1ccnc(Br)c1.[2H]C([2H])([2H])C(O)c1ccnc(Br)c1.[2H]C([2H])([2H])[C@H](C[S@](=O)C(C)(C)C)c1ccnc(Br)c1.[2H]C([2H])([2H])[C@H](C[S@](=O)C(C)(C)C)c1ccnc(S(C)(=O)=O)c1.[2H]C([2H])([2H])[C@H](N)c1ccnc(S(C)(=O)=O)c1.[2H][C-]([2H])[2H].[I-].[Mg+2]. The molecule has 9 heterocycles. The molecule has 0 spiro atoms. The van der Waals surface area contributed by atoms with Crippen LogP contribution in [-0.2, 0) is 72.7 Å². The van der Waals surface area contributed by atoms with Gasteiger partial charge in [0.2, 0.25) is 0 Å². The number of hydrogen-bond acceptors (Lipinski definition) is 22. The monoisotopic (exact) mass is 2420 g/mol. The number of carbonyl (C=O) groups excluding carboxylic acids is 2. The minimum atomic E-state index is -3.53. The van der Waals surface area contributed by atoms with Crippen LogP contribution >= 0.6 is 151 Å². The average molecular weight is 2430 g/mol. The molecular weight excluding hydrogens is 2280 g/mol. The normalized spacial score (nSPS) is 16.8. The number of pyridine rings is 7. The van der Waals surface area contributed by atoms with E-state index in [1.165, 1.54) is 111 Å². The van der Waals surface area contributed by atoms with E-state index in [1.54, 1.807) is 84.3 Å². The first-order valence-electron chi connectivity index (χ1n) is 44.9. The van der Waals surface area contributed by atoms with E-state index in [1.807, 2.05) is 41.5 Å². The predicted molar refractivity (Wildman–Crippen MR) is 536 cm³/mol. The van der Waals surface area contributed by atoms with Crippen molar-refractivity contribution in [2.24, 2.45) is 15.3 Å². The van der Waals surface area contributed by atoms with Gasteiger partial charge in [0.25, 0.3) is 0 Å². The van der Waals surface area contributed by atoms with Gasteiger partial charge in [-0.1, -0.05) is 13.7 Å². The van der Waals surface area contributed by atoms with Gasteiger partial charge in [-0.15, -0.1) is 71.2 Å². The van der Waals surface area contributed by atoms with Gasteiger partial charge in [0, 0.05) is 179 Å². The molecule has 0 saturated carbocycles. The number of nitrogens with two attached hydrogens (primary N) is 2. The minimum Gasteiger partial charge on any atom is -1.00 e. The van der Waals surface area contributed by atoms with E-state index in [-0.39, 0.29) is 126 Å².